The summed E-state index contributed by atoms with van der Waals surface area (Å²) < 4.78 is 18.5. The van der Waals surface area contributed by atoms with E-state index in [0.717, 1.165) is 36.6 Å². The van der Waals surface area contributed by atoms with E-state index >= 15 is 0 Å². The fourth-order valence-corrected chi connectivity index (χ4v) is 2.47. The van der Waals surface area contributed by atoms with Gasteiger partial charge in [0.05, 0.1) is 7.11 Å². The molecule has 16 heavy (non-hydrogen) atoms. The first kappa shape index (κ1) is 11.4. The number of halogens is 1. The van der Waals surface area contributed by atoms with Crippen molar-refractivity contribution in [3.8, 4) is 5.75 Å². The van der Waals surface area contributed by atoms with Crippen molar-refractivity contribution in [1.82, 2.24) is 5.32 Å². The van der Waals surface area contributed by atoms with Crippen LogP contribution in [0.4, 0.5) is 4.39 Å². The predicted molar refractivity (Wildman–Crippen MR) is 62.3 cm³/mol. The number of hydrogen-bond donors (Lipinski definition) is 1. The monoisotopic (exact) mass is 223 g/mol. The molecule has 2 rings (SSSR count). The van der Waals surface area contributed by atoms with Crippen LogP contribution in [0.5, 0.6) is 5.75 Å². The van der Waals surface area contributed by atoms with Crippen LogP contribution in [0.2, 0.25) is 0 Å². The minimum Gasteiger partial charge on any atom is -0.496 e. The fraction of sp³-hybridized carbons (Fsp3) is 0.538. The lowest BCUT2D eigenvalue weighted by atomic mass is 9.71. The van der Waals surface area contributed by atoms with Crippen molar-refractivity contribution >= 4 is 0 Å². The molecule has 0 heterocycles. The smallest absolute Gasteiger partial charge is 0.123 e. The lowest BCUT2D eigenvalue weighted by molar-refractivity contribution is 0.253. The summed E-state index contributed by atoms with van der Waals surface area (Å²) in [5, 5.41) is 3.18. The zero-order valence-electron chi connectivity index (χ0n) is 9.79. The molecular weight excluding hydrogens is 205 g/mol. The topological polar surface area (TPSA) is 21.3 Å². The molecule has 2 nitrogen and oxygen atoms in total. The second-order valence-corrected chi connectivity index (χ2v) is 4.48. The molecule has 1 aliphatic rings. The molecule has 0 aromatic heterocycles. The summed E-state index contributed by atoms with van der Waals surface area (Å²) in [6, 6.07) is 4.78. The maximum absolute atomic E-state index is 13.2. The molecule has 0 aliphatic heterocycles. The number of nitrogens with one attached hydrogen (secondary N) is 1. The summed E-state index contributed by atoms with van der Waals surface area (Å²) in [4.78, 5) is 0. The molecule has 3 heteroatoms. The second-order valence-electron chi connectivity index (χ2n) is 4.48. The SMILES string of the molecule is CNCC1CC(c2cc(F)ccc2OC)C1. The van der Waals surface area contributed by atoms with E-state index in [0.29, 0.717) is 5.92 Å². The number of methoxy groups -OCH3 is 1. The van der Waals surface area contributed by atoms with Crippen LogP contribution in [0, 0.1) is 11.7 Å². The first-order chi connectivity index (χ1) is 7.74. The van der Waals surface area contributed by atoms with E-state index in [2.05, 4.69) is 5.32 Å². The third kappa shape index (κ3) is 2.19. The summed E-state index contributed by atoms with van der Waals surface area (Å²) in [6.07, 6.45) is 2.25. The molecule has 1 aromatic carbocycles. The molecule has 0 amide bonds. The molecule has 0 radical (unpaired) electrons. The third-order valence-electron chi connectivity index (χ3n) is 3.36. The normalized spacial score (nSPS) is 23.9. The van der Waals surface area contributed by atoms with Crippen LogP contribution in [0.25, 0.3) is 0 Å². The Morgan fingerprint density at radius 3 is 2.81 bits per heavy atom. The molecule has 0 unspecified atom stereocenters. The van der Waals surface area contributed by atoms with E-state index in [9.17, 15) is 4.39 Å². The maximum Gasteiger partial charge on any atom is 0.123 e. The predicted octanol–water partition coefficient (Wildman–Crippen LogP) is 2.55. The van der Waals surface area contributed by atoms with Gasteiger partial charge in [-0.1, -0.05) is 0 Å². The Morgan fingerprint density at radius 1 is 1.44 bits per heavy atom. The van der Waals surface area contributed by atoms with E-state index < -0.39 is 0 Å². The zero-order valence-corrected chi connectivity index (χ0v) is 9.79. The lowest BCUT2D eigenvalue weighted by Crippen LogP contribution is -2.30. The molecule has 1 saturated carbocycles. The van der Waals surface area contributed by atoms with Gasteiger partial charge >= 0.3 is 0 Å². The molecule has 0 bridgehead atoms. The van der Waals surface area contributed by atoms with Gasteiger partial charge < -0.3 is 10.1 Å². The fourth-order valence-electron chi connectivity index (χ4n) is 2.47. The summed E-state index contributed by atoms with van der Waals surface area (Å²) in [5.41, 5.74) is 1.02. The standard InChI is InChI=1S/C13H18FNO/c1-15-8-9-5-10(6-9)12-7-11(14)3-4-13(12)16-2/h3-4,7,9-10,15H,5-6,8H2,1-2H3. The van der Waals surface area contributed by atoms with Gasteiger partial charge in [-0.3, -0.25) is 0 Å². The lowest BCUT2D eigenvalue weighted by Gasteiger charge is -2.36. The van der Waals surface area contributed by atoms with Crippen LogP contribution in [-0.4, -0.2) is 20.7 Å². The van der Waals surface area contributed by atoms with Gasteiger partial charge in [-0.2, -0.15) is 0 Å². The molecule has 1 fully saturated rings. The number of benzene rings is 1. The van der Waals surface area contributed by atoms with Crippen molar-refractivity contribution in [2.24, 2.45) is 5.92 Å². The maximum atomic E-state index is 13.2. The van der Waals surface area contributed by atoms with Crippen molar-refractivity contribution in [3.63, 3.8) is 0 Å². The summed E-state index contributed by atoms with van der Waals surface area (Å²) in [5.74, 6) is 1.83. The Morgan fingerprint density at radius 2 is 2.19 bits per heavy atom. The number of hydrogen-bond acceptors (Lipinski definition) is 2. The Labute approximate surface area is 95.8 Å². The number of rotatable bonds is 4. The molecule has 88 valence electrons. The van der Waals surface area contributed by atoms with E-state index in [1.807, 2.05) is 7.05 Å². The van der Waals surface area contributed by atoms with Crippen LogP contribution in [0.3, 0.4) is 0 Å². The van der Waals surface area contributed by atoms with Crippen molar-refractivity contribution in [2.45, 2.75) is 18.8 Å². The van der Waals surface area contributed by atoms with E-state index in [1.165, 1.54) is 6.07 Å². The zero-order chi connectivity index (χ0) is 11.5. The van der Waals surface area contributed by atoms with E-state index in [4.69, 9.17) is 4.74 Å². The second kappa shape index (κ2) is 4.83. The average Bonchev–Trinajstić information content (AvgIpc) is 2.23. The van der Waals surface area contributed by atoms with Crippen molar-refractivity contribution < 1.29 is 9.13 Å². The molecule has 1 N–H and O–H groups in total. The van der Waals surface area contributed by atoms with Crippen molar-refractivity contribution in [1.29, 1.82) is 0 Å². The summed E-state index contributed by atoms with van der Waals surface area (Å²) in [6.45, 7) is 1.05. The quantitative estimate of drug-likeness (QED) is 0.847. The van der Waals surface area contributed by atoms with Gasteiger partial charge in [-0.15, -0.1) is 0 Å². The van der Waals surface area contributed by atoms with Gasteiger partial charge in [0.1, 0.15) is 11.6 Å². The first-order valence-electron chi connectivity index (χ1n) is 5.72. The van der Waals surface area contributed by atoms with Crippen LogP contribution >= 0.6 is 0 Å². The van der Waals surface area contributed by atoms with Crippen LogP contribution in [-0.2, 0) is 0 Å². The van der Waals surface area contributed by atoms with Crippen LogP contribution < -0.4 is 10.1 Å². The molecule has 1 aliphatic carbocycles. The highest BCUT2D eigenvalue weighted by atomic mass is 19.1. The highest BCUT2D eigenvalue weighted by Gasteiger charge is 2.31. The summed E-state index contributed by atoms with van der Waals surface area (Å²) in [7, 11) is 3.61. The highest BCUT2D eigenvalue weighted by Crippen LogP contribution is 2.44. The molecule has 0 spiro atoms. The average molecular weight is 223 g/mol. The van der Waals surface area contributed by atoms with Gasteiger partial charge in [-0.25, -0.2) is 4.39 Å². The van der Waals surface area contributed by atoms with Crippen LogP contribution in [0.15, 0.2) is 18.2 Å². The largest absolute Gasteiger partial charge is 0.496 e. The minimum atomic E-state index is -0.173. The minimum absolute atomic E-state index is 0.173. The van der Waals surface area contributed by atoms with Gasteiger partial charge in [0.2, 0.25) is 0 Å². The first-order valence-corrected chi connectivity index (χ1v) is 5.72. The van der Waals surface area contributed by atoms with Gasteiger partial charge in [0.25, 0.3) is 0 Å². The Bertz CT molecular complexity index is 361. The van der Waals surface area contributed by atoms with Gasteiger partial charge in [0.15, 0.2) is 0 Å². The third-order valence-corrected chi connectivity index (χ3v) is 3.36. The Hall–Kier alpha value is -1.09. The molecule has 1 aromatic rings. The number of ether oxygens (including phenoxy) is 1. The molecule has 0 atom stereocenters. The van der Waals surface area contributed by atoms with Gasteiger partial charge in [0, 0.05) is 5.56 Å². The summed E-state index contributed by atoms with van der Waals surface area (Å²) >= 11 is 0. The Balaban J connectivity index is 2.07. The van der Waals surface area contributed by atoms with Crippen molar-refractivity contribution in [2.75, 3.05) is 20.7 Å². The molecular formula is C13H18FNO. The van der Waals surface area contributed by atoms with Gasteiger partial charge in [-0.05, 0) is 56.5 Å². The van der Waals surface area contributed by atoms with Crippen LogP contribution in [0.1, 0.15) is 24.3 Å². The Kier molecular flexibility index (Phi) is 3.44. The highest BCUT2D eigenvalue weighted by molar-refractivity contribution is 5.38. The van der Waals surface area contributed by atoms with Crippen molar-refractivity contribution in [3.05, 3.63) is 29.6 Å². The van der Waals surface area contributed by atoms with E-state index in [1.54, 1.807) is 19.2 Å². The molecule has 0 saturated heterocycles. The van der Waals surface area contributed by atoms with E-state index in [-0.39, 0.29) is 5.82 Å².